The number of carbonyl (C=O) groups is 4. The number of rotatable bonds is 32. The van der Waals surface area contributed by atoms with Gasteiger partial charge in [0.15, 0.2) is 23.0 Å². The summed E-state index contributed by atoms with van der Waals surface area (Å²) in [6.07, 6.45) is 9.20. The second-order valence-electron chi connectivity index (χ2n) is 19.8. The molecule has 4 aliphatic heterocycles. The minimum Gasteiger partial charge on any atom is -0.493 e. The minimum absolute atomic E-state index is 0.0126. The molecule has 0 unspecified atom stereocenters. The molecular formula is C57H75N7O14S. The van der Waals surface area contributed by atoms with E-state index in [9.17, 15) is 19.2 Å². The number of likely N-dealkylation sites (N-methyl/N-ethyl adjacent to an activating group) is 1. The predicted molar refractivity (Wildman–Crippen MR) is 300 cm³/mol. The van der Waals surface area contributed by atoms with Crippen molar-refractivity contribution in [3.63, 3.8) is 0 Å². The van der Waals surface area contributed by atoms with Crippen LogP contribution in [0.2, 0.25) is 0 Å². The molecule has 7 rings (SSSR count). The van der Waals surface area contributed by atoms with Gasteiger partial charge < -0.3 is 67.8 Å². The number of carbonyl (C=O) groups excluding carboxylic acids is 3. The second kappa shape index (κ2) is 29.6. The number of nitrogens with zero attached hydrogens (tertiary/aromatic N) is 6. The quantitative estimate of drug-likeness (QED) is 0.0503. The van der Waals surface area contributed by atoms with E-state index < -0.39 is 5.97 Å². The van der Waals surface area contributed by atoms with E-state index in [1.807, 2.05) is 55.3 Å². The van der Waals surface area contributed by atoms with Gasteiger partial charge in [0.1, 0.15) is 25.6 Å². The van der Waals surface area contributed by atoms with Crippen molar-refractivity contribution < 1.29 is 66.9 Å². The highest BCUT2D eigenvalue weighted by atomic mass is 32.2. The van der Waals surface area contributed by atoms with Crippen LogP contribution in [0.15, 0.2) is 69.7 Å². The zero-order valence-electron chi connectivity index (χ0n) is 46.4. The lowest BCUT2D eigenvalue weighted by Gasteiger charge is -2.29. The number of carboxylic acids is 1. The fourth-order valence-electron chi connectivity index (χ4n) is 9.27. The number of methoxy groups -OCH3 is 2. The van der Waals surface area contributed by atoms with Gasteiger partial charge in [0.25, 0.3) is 11.8 Å². The maximum absolute atomic E-state index is 13.8. The van der Waals surface area contributed by atoms with Crippen molar-refractivity contribution in [2.24, 2.45) is 9.98 Å². The highest BCUT2D eigenvalue weighted by Gasteiger charge is 2.36. The third kappa shape index (κ3) is 17.5. The molecule has 0 aliphatic carbocycles. The molecule has 2 fully saturated rings. The summed E-state index contributed by atoms with van der Waals surface area (Å²) in [6, 6.07) is 10.2. The van der Waals surface area contributed by atoms with Gasteiger partial charge in [0.05, 0.1) is 125 Å². The average Bonchev–Trinajstić information content (AvgIpc) is 4.08. The minimum atomic E-state index is -0.897. The van der Waals surface area contributed by atoms with E-state index >= 15 is 0 Å². The molecule has 2 atom stereocenters. The standard InChI is InChI=1S/C57H75N7O14S/c1-8-38-22-42-30-59-47-28-51(49(70-6)26-45(47)55(68)63(42)32-38)77-34-40-24-44(25-41(61-40)35-78-52-29-48-46(27-50(52)71-7)56(69)64-33-39(9-2)23-43(64)31-60-48)76-15-12-62(5)37-57(3,4)79-36-53(65)58-11-14-73-17-19-75-21-20-74-18-16-72-13-10-54(66)67/h8-9,24-31,42-43H,10-23,32-37H2,1-7H3,(H,58,65)(H,66,67)/b38-8+,39-9+/t42-,43-/m0/s1. The Labute approximate surface area is 466 Å². The van der Waals surface area contributed by atoms with Crippen LogP contribution in [0.1, 0.15) is 79.1 Å². The molecule has 3 aromatic rings. The van der Waals surface area contributed by atoms with Gasteiger partial charge in [-0.3, -0.25) is 34.1 Å². The van der Waals surface area contributed by atoms with E-state index in [0.717, 1.165) is 12.8 Å². The lowest BCUT2D eigenvalue weighted by Crippen LogP contribution is -2.38. The van der Waals surface area contributed by atoms with Crippen molar-refractivity contribution in [3.05, 3.63) is 82.2 Å². The highest BCUT2D eigenvalue weighted by molar-refractivity contribution is 8.01. The Hall–Kier alpha value is -6.56. The first-order chi connectivity index (χ1) is 38.2. The molecular weight excluding hydrogens is 1040 g/mol. The van der Waals surface area contributed by atoms with Crippen molar-refractivity contribution in [1.82, 2.24) is 25.0 Å². The van der Waals surface area contributed by atoms with Crippen LogP contribution >= 0.6 is 11.8 Å². The van der Waals surface area contributed by atoms with E-state index in [2.05, 4.69) is 36.2 Å². The van der Waals surface area contributed by atoms with Gasteiger partial charge in [-0.1, -0.05) is 23.3 Å². The summed E-state index contributed by atoms with van der Waals surface area (Å²) in [6.45, 7) is 14.0. The van der Waals surface area contributed by atoms with Crippen LogP contribution in [0, 0.1) is 0 Å². The molecule has 79 heavy (non-hydrogen) atoms. The van der Waals surface area contributed by atoms with Gasteiger partial charge in [-0.15, -0.1) is 11.8 Å². The van der Waals surface area contributed by atoms with E-state index in [0.29, 0.717) is 148 Å². The Kier molecular flexibility index (Phi) is 22.5. The van der Waals surface area contributed by atoms with E-state index in [-0.39, 0.29) is 66.5 Å². The molecule has 0 saturated carbocycles. The second-order valence-corrected chi connectivity index (χ2v) is 21.5. The summed E-state index contributed by atoms with van der Waals surface area (Å²) < 4.78 is 52.1. The molecule has 2 saturated heterocycles. The molecule has 21 nitrogen and oxygen atoms in total. The monoisotopic (exact) mass is 1110 g/mol. The molecule has 0 spiro atoms. The Morgan fingerprint density at radius 1 is 0.709 bits per heavy atom. The van der Waals surface area contributed by atoms with Crippen LogP contribution in [0.3, 0.4) is 0 Å². The van der Waals surface area contributed by atoms with Crippen molar-refractivity contribution in [1.29, 1.82) is 0 Å². The van der Waals surface area contributed by atoms with Gasteiger partial charge in [0.2, 0.25) is 5.91 Å². The summed E-state index contributed by atoms with van der Waals surface area (Å²) >= 11 is 1.57. The maximum atomic E-state index is 13.8. The molecule has 1 aromatic heterocycles. The number of aliphatic carboxylic acids is 1. The number of aromatic nitrogens is 1. The molecule has 5 heterocycles. The van der Waals surface area contributed by atoms with Crippen LogP contribution in [-0.4, -0.2) is 197 Å². The number of carboxylic acid groups (broad SMARTS) is 1. The lowest BCUT2D eigenvalue weighted by atomic mass is 10.1. The molecule has 22 heteroatoms. The fraction of sp³-hybridized carbons (Fsp3) is 0.526. The first-order valence-electron chi connectivity index (χ1n) is 26.6. The Balaban J connectivity index is 0.924. The Bertz CT molecular complexity index is 2600. The van der Waals surface area contributed by atoms with Crippen LogP contribution in [0.25, 0.3) is 0 Å². The van der Waals surface area contributed by atoms with Crippen molar-refractivity contribution >= 4 is 59.3 Å². The number of benzene rings is 2. The first-order valence-corrected chi connectivity index (χ1v) is 27.6. The normalized spacial score (nSPS) is 17.6. The Morgan fingerprint density at radius 2 is 1.20 bits per heavy atom. The molecule has 0 radical (unpaired) electrons. The number of ether oxygens (including phenoxy) is 9. The molecule has 2 aromatic carbocycles. The fourth-order valence-corrected chi connectivity index (χ4v) is 10.2. The van der Waals surface area contributed by atoms with Crippen LogP contribution in [0.4, 0.5) is 11.4 Å². The van der Waals surface area contributed by atoms with E-state index in [1.54, 1.807) is 36.0 Å². The third-order valence-corrected chi connectivity index (χ3v) is 14.7. The van der Waals surface area contributed by atoms with Crippen molar-refractivity contribution in [2.45, 2.75) is 77.0 Å². The smallest absolute Gasteiger partial charge is 0.305 e. The van der Waals surface area contributed by atoms with Gasteiger partial charge in [0, 0.05) is 74.2 Å². The third-order valence-electron chi connectivity index (χ3n) is 13.4. The molecule has 428 valence electrons. The SMILES string of the molecule is C/C=C1\C[C@H]2C=Nc3cc(OCc4cc(OCCN(C)CC(C)(C)SCC(=O)NCCOCCOCCOCCOCCC(=O)O)cc(COc5cc6c(cc5OC)C(=O)N5C/C(=C/C)C[C@H]5C=N6)n4)c(OC)cc3C(=O)N2C1. The Morgan fingerprint density at radius 3 is 1.68 bits per heavy atom. The van der Waals surface area contributed by atoms with Crippen molar-refractivity contribution in [3.8, 4) is 28.7 Å². The van der Waals surface area contributed by atoms with Gasteiger partial charge in [-0.05, 0) is 59.7 Å². The summed E-state index contributed by atoms with van der Waals surface area (Å²) in [4.78, 5) is 70.9. The molecule has 0 bridgehead atoms. The summed E-state index contributed by atoms with van der Waals surface area (Å²) in [5, 5.41) is 11.5. The summed E-state index contributed by atoms with van der Waals surface area (Å²) in [7, 11) is 5.07. The largest absolute Gasteiger partial charge is 0.493 e. The average molecular weight is 1110 g/mol. The van der Waals surface area contributed by atoms with Crippen LogP contribution < -0.4 is 29.0 Å². The van der Waals surface area contributed by atoms with Crippen LogP contribution in [0.5, 0.6) is 28.7 Å². The number of hydrogen-bond acceptors (Lipinski definition) is 18. The number of nitrogens with one attached hydrogen (secondary N) is 1. The summed E-state index contributed by atoms with van der Waals surface area (Å²) in [5.74, 6) is 1.17. The predicted octanol–water partition coefficient (Wildman–Crippen LogP) is 6.49. The number of fused-ring (bicyclic) bond motifs is 4. The van der Waals surface area contributed by atoms with E-state index in [4.69, 9.17) is 62.7 Å². The van der Waals surface area contributed by atoms with E-state index in [1.165, 1.54) is 25.4 Å². The number of aliphatic imine (C=N–C) groups is 2. The molecule has 2 N–H and O–H groups in total. The number of allylic oxidation sites excluding steroid dienone is 2. The zero-order chi connectivity index (χ0) is 56.3. The lowest BCUT2D eigenvalue weighted by molar-refractivity contribution is -0.138. The molecule has 3 amide bonds. The van der Waals surface area contributed by atoms with Gasteiger partial charge >= 0.3 is 5.97 Å². The number of thioether (sulfide) groups is 1. The summed E-state index contributed by atoms with van der Waals surface area (Å²) in [5.41, 5.74) is 5.32. The van der Waals surface area contributed by atoms with Crippen molar-refractivity contribution in [2.75, 3.05) is 119 Å². The maximum Gasteiger partial charge on any atom is 0.305 e. The van der Waals surface area contributed by atoms with Gasteiger partial charge in [-0.25, -0.2) is 0 Å². The van der Waals surface area contributed by atoms with Crippen LogP contribution in [-0.2, 0) is 41.8 Å². The number of hydrogen-bond donors (Lipinski definition) is 2. The number of pyridine rings is 1. The topological polar surface area (TPSA) is 231 Å². The number of amides is 3. The first kappa shape index (κ1) is 60.1. The molecule has 4 aliphatic rings. The highest BCUT2D eigenvalue weighted by Crippen LogP contribution is 2.41. The zero-order valence-corrected chi connectivity index (χ0v) is 47.2. The van der Waals surface area contributed by atoms with Gasteiger partial charge in [-0.2, -0.15) is 0 Å².